The molecule has 2 atom stereocenters. The molecule has 0 amide bonds. The second-order valence-electron chi connectivity index (χ2n) is 8.52. The van der Waals surface area contributed by atoms with Crippen LogP contribution in [0.2, 0.25) is 0 Å². The topological polar surface area (TPSA) is 72.3 Å². The maximum atomic E-state index is 12.1. The summed E-state index contributed by atoms with van der Waals surface area (Å²) in [5, 5.41) is 14.3. The van der Waals surface area contributed by atoms with Crippen molar-refractivity contribution in [2.24, 2.45) is 11.5 Å². The summed E-state index contributed by atoms with van der Waals surface area (Å²) in [5.41, 5.74) is 16.9. The first-order chi connectivity index (χ1) is 15.0. The van der Waals surface area contributed by atoms with Crippen LogP contribution < -0.4 is 11.5 Å². The Hall–Kier alpha value is -2.98. The molecule has 0 aliphatic carbocycles. The van der Waals surface area contributed by atoms with E-state index in [2.05, 4.69) is 49.4 Å². The van der Waals surface area contributed by atoms with Crippen molar-refractivity contribution in [1.29, 1.82) is 0 Å². The largest absolute Gasteiger partial charge is 0.387 e. The standard InChI is InChI=1S/C28H30N2O/c1-20-7-4-8-21(15-20)17-28(31,18-22-9-5-10-23(16-22)19-29)27(30)26-14-6-12-24-11-2-3-13-25(24)26/h2-16,27,31H,17-19,29-30H2,1H3/t27-,28?/m1/s1. The molecule has 0 spiro atoms. The van der Waals surface area contributed by atoms with Gasteiger partial charge in [-0.25, -0.2) is 0 Å². The first kappa shape index (κ1) is 21.3. The van der Waals surface area contributed by atoms with Gasteiger partial charge in [0.25, 0.3) is 0 Å². The first-order valence-corrected chi connectivity index (χ1v) is 10.8. The quantitative estimate of drug-likeness (QED) is 0.409. The molecule has 0 aliphatic rings. The van der Waals surface area contributed by atoms with Gasteiger partial charge in [0.05, 0.1) is 11.6 Å². The maximum absolute atomic E-state index is 12.1. The molecule has 0 aromatic heterocycles. The van der Waals surface area contributed by atoms with E-state index in [1.54, 1.807) is 0 Å². The lowest BCUT2D eigenvalue weighted by Gasteiger charge is -2.35. The minimum absolute atomic E-state index is 0.444. The molecule has 0 saturated heterocycles. The Kier molecular flexibility index (Phi) is 6.19. The summed E-state index contributed by atoms with van der Waals surface area (Å²) in [5.74, 6) is 0. The van der Waals surface area contributed by atoms with Crippen molar-refractivity contribution in [3.8, 4) is 0 Å². The van der Waals surface area contributed by atoms with Crippen LogP contribution in [0.5, 0.6) is 0 Å². The van der Waals surface area contributed by atoms with Crippen LogP contribution in [0.25, 0.3) is 10.8 Å². The number of rotatable bonds is 7. The molecule has 0 fully saturated rings. The van der Waals surface area contributed by atoms with Crippen LogP contribution in [0.15, 0.2) is 91.0 Å². The molecule has 3 heteroatoms. The van der Waals surface area contributed by atoms with E-state index < -0.39 is 11.6 Å². The number of aryl methyl sites for hydroxylation is 1. The van der Waals surface area contributed by atoms with Crippen molar-refractivity contribution in [1.82, 2.24) is 0 Å². The fourth-order valence-electron chi connectivity index (χ4n) is 4.49. The molecule has 4 rings (SSSR count). The molecule has 4 aromatic carbocycles. The summed E-state index contributed by atoms with van der Waals surface area (Å²) < 4.78 is 0. The highest BCUT2D eigenvalue weighted by molar-refractivity contribution is 5.86. The van der Waals surface area contributed by atoms with Crippen LogP contribution >= 0.6 is 0 Å². The molecular weight excluding hydrogens is 380 g/mol. The zero-order valence-corrected chi connectivity index (χ0v) is 18.0. The highest BCUT2D eigenvalue weighted by Gasteiger charge is 2.36. The summed E-state index contributed by atoms with van der Waals surface area (Å²) in [4.78, 5) is 0. The van der Waals surface area contributed by atoms with Crippen molar-refractivity contribution in [2.45, 2.75) is 38.0 Å². The third-order valence-corrected chi connectivity index (χ3v) is 6.07. The fraction of sp³-hybridized carbons (Fsp3) is 0.214. The molecule has 5 N–H and O–H groups in total. The van der Waals surface area contributed by atoms with Gasteiger partial charge in [0.15, 0.2) is 0 Å². The monoisotopic (exact) mass is 410 g/mol. The van der Waals surface area contributed by atoms with Crippen LogP contribution in [-0.4, -0.2) is 10.7 Å². The predicted molar refractivity (Wildman–Crippen MR) is 129 cm³/mol. The van der Waals surface area contributed by atoms with Gasteiger partial charge in [-0.15, -0.1) is 0 Å². The molecular formula is C28H30N2O. The van der Waals surface area contributed by atoms with Gasteiger partial charge in [-0.1, -0.05) is 96.6 Å². The summed E-state index contributed by atoms with van der Waals surface area (Å²) in [6.07, 6.45) is 0.908. The fourth-order valence-corrected chi connectivity index (χ4v) is 4.49. The van der Waals surface area contributed by atoms with Crippen molar-refractivity contribution in [3.63, 3.8) is 0 Å². The van der Waals surface area contributed by atoms with Crippen molar-refractivity contribution in [2.75, 3.05) is 0 Å². The normalized spacial score (nSPS) is 14.3. The number of fused-ring (bicyclic) bond motifs is 1. The smallest absolute Gasteiger partial charge is 0.0919 e. The lowest BCUT2D eigenvalue weighted by atomic mass is 9.78. The second-order valence-corrected chi connectivity index (χ2v) is 8.52. The van der Waals surface area contributed by atoms with E-state index >= 15 is 0 Å². The Morgan fingerprint density at radius 2 is 1.39 bits per heavy atom. The molecule has 0 radical (unpaired) electrons. The second kappa shape index (κ2) is 9.03. The number of hydrogen-bond acceptors (Lipinski definition) is 3. The summed E-state index contributed by atoms with van der Waals surface area (Å²) in [6.45, 7) is 2.54. The summed E-state index contributed by atoms with van der Waals surface area (Å²) in [6, 6.07) is 30.2. The van der Waals surface area contributed by atoms with Gasteiger partial charge in [-0.2, -0.15) is 0 Å². The molecule has 0 aliphatic heterocycles. The highest BCUT2D eigenvalue weighted by atomic mass is 16.3. The van der Waals surface area contributed by atoms with Gasteiger partial charge in [-0.05, 0) is 39.9 Å². The summed E-state index contributed by atoms with van der Waals surface area (Å²) >= 11 is 0. The molecule has 4 aromatic rings. The van der Waals surface area contributed by atoms with E-state index in [4.69, 9.17) is 11.5 Å². The maximum Gasteiger partial charge on any atom is 0.0919 e. The van der Waals surface area contributed by atoms with Gasteiger partial charge in [-0.3, -0.25) is 0 Å². The lowest BCUT2D eigenvalue weighted by molar-refractivity contribution is 0.0140. The Morgan fingerprint density at radius 1 is 0.774 bits per heavy atom. The minimum atomic E-state index is -1.16. The number of benzene rings is 4. The van der Waals surface area contributed by atoms with Gasteiger partial charge < -0.3 is 16.6 Å². The van der Waals surface area contributed by atoms with Crippen LogP contribution in [0.3, 0.4) is 0 Å². The number of hydrogen-bond donors (Lipinski definition) is 3. The average molecular weight is 411 g/mol. The van der Waals surface area contributed by atoms with Crippen molar-refractivity contribution >= 4 is 10.8 Å². The molecule has 31 heavy (non-hydrogen) atoms. The van der Waals surface area contributed by atoms with Gasteiger partial charge in [0.2, 0.25) is 0 Å². The highest BCUT2D eigenvalue weighted by Crippen LogP contribution is 2.35. The van der Waals surface area contributed by atoms with Gasteiger partial charge in [0, 0.05) is 19.4 Å². The van der Waals surface area contributed by atoms with Crippen LogP contribution in [-0.2, 0) is 19.4 Å². The third kappa shape index (κ3) is 4.70. The van der Waals surface area contributed by atoms with E-state index in [-0.39, 0.29) is 0 Å². The molecule has 0 heterocycles. The first-order valence-electron chi connectivity index (χ1n) is 10.8. The van der Waals surface area contributed by atoms with Crippen LogP contribution in [0.4, 0.5) is 0 Å². The lowest BCUT2D eigenvalue weighted by Crippen LogP contribution is -2.45. The van der Waals surface area contributed by atoms with E-state index in [0.717, 1.165) is 33.0 Å². The Balaban J connectivity index is 1.78. The zero-order valence-electron chi connectivity index (χ0n) is 18.0. The SMILES string of the molecule is Cc1cccc(CC(O)(Cc2cccc(CN)c2)[C@H](N)c2cccc3ccccc23)c1. The average Bonchev–Trinajstić information content (AvgIpc) is 2.78. The van der Waals surface area contributed by atoms with Gasteiger partial charge >= 0.3 is 0 Å². The van der Waals surface area contributed by atoms with Crippen LogP contribution in [0, 0.1) is 6.92 Å². The minimum Gasteiger partial charge on any atom is -0.387 e. The van der Waals surface area contributed by atoms with Gasteiger partial charge in [0.1, 0.15) is 0 Å². The molecule has 3 nitrogen and oxygen atoms in total. The summed E-state index contributed by atoms with van der Waals surface area (Å²) in [7, 11) is 0. The molecule has 0 saturated carbocycles. The van der Waals surface area contributed by atoms with E-state index in [0.29, 0.717) is 19.4 Å². The van der Waals surface area contributed by atoms with E-state index in [9.17, 15) is 5.11 Å². The molecule has 1 unspecified atom stereocenters. The predicted octanol–water partition coefficient (Wildman–Crippen LogP) is 4.82. The van der Waals surface area contributed by atoms with E-state index in [1.165, 1.54) is 5.56 Å². The third-order valence-electron chi connectivity index (χ3n) is 6.07. The molecule has 158 valence electrons. The van der Waals surface area contributed by atoms with E-state index in [1.807, 2.05) is 48.5 Å². The Labute approximate surface area is 184 Å². The Bertz CT molecular complexity index is 1180. The van der Waals surface area contributed by atoms with Crippen molar-refractivity contribution < 1.29 is 5.11 Å². The Morgan fingerprint density at radius 3 is 2.13 bits per heavy atom. The zero-order chi connectivity index (χ0) is 21.8. The van der Waals surface area contributed by atoms with Crippen molar-refractivity contribution in [3.05, 3.63) is 119 Å². The number of aliphatic hydroxyl groups is 1. The van der Waals surface area contributed by atoms with Crippen LogP contribution in [0.1, 0.15) is 33.9 Å². The molecule has 0 bridgehead atoms. The number of nitrogens with two attached hydrogens (primary N) is 2.